The molecule has 0 amide bonds. The van der Waals surface area contributed by atoms with E-state index in [4.69, 9.17) is 9.84 Å². The largest absolute Gasteiger partial charge is 0.373 e. The molecule has 2 aromatic rings. The molecule has 0 spiro atoms. The predicted octanol–water partition coefficient (Wildman–Crippen LogP) is 3.18. The average molecular weight is 423 g/mol. The zero-order valence-corrected chi connectivity index (χ0v) is 17.1. The molecule has 1 fully saturated rings. The topological polar surface area (TPSA) is 114 Å². The molecule has 29 heavy (non-hydrogen) atoms. The first-order valence-electron chi connectivity index (χ1n) is 9.58. The lowest BCUT2D eigenvalue weighted by molar-refractivity contribution is -0.758. The molecule has 0 unspecified atom stereocenters. The van der Waals surface area contributed by atoms with Crippen molar-refractivity contribution in [2.24, 2.45) is 0 Å². The highest BCUT2D eigenvalue weighted by molar-refractivity contribution is 7.90. The van der Waals surface area contributed by atoms with Crippen LogP contribution in [0.5, 0.6) is 0 Å². The molecule has 1 aliphatic carbocycles. The molecule has 0 bridgehead atoms. The Kier molecular flexibility index (Phi) is 6.86. The summed E-state index contributed by atoms with van der Waals surface area (Å²) in [4.78, 5) is 14.7. The number of aromatic nitrogens is 2. The number of benzene rings is 1. The first kappa shape index (κ1) is 21.3. The van der Waals surface area contributed by atoms with Gasteiger partial charge in [-0.3, -0.25) is 4.68 Å². The standard InChI is InChI=1S/C19H25N3O6S/c1-29(25,26)18-9-7-15(8-10-18)19-13-16(14-27-11-12-28-22(23)24)20-21(19)17-5-3-2-4-6-17/h7-10,13,17H,2-6,11-12,14H2,1H3. The summed E-state index contributed by atoms with van der Waals surface area (Å²) in [6, 6.07) is 9.02. The molecule has 0 saturated heterocycles. The quantitative estimate of drug-likeness (QED) is 0.346. The summed E-state index contributed by atoms with van der Waals surface area (Å²) in [5.74, 6) is 0. The first-order valence-corrected chi connectivity index (χ1v) is 11.5. The van der Waals surface area contributed by atoms with Gasteiger partial charge in [0.2, 0.25) is 0 Å². The molecule has 1 heterocycles. The molecule has 1 aromatic carbocycles. The molecule has 0 aliphatic heterocycles. The average Bonchev–Trinajstić information content (AvgIpc) is 3.12. The van der Waals surface area contributed by atoms with Gasteiger partial charge in [-0.05, 0) is 36.6 Å². The summed E-state index contributed by atoms with van der Waals surface area (Å²) in [5, 5.41) is 14.0. The summed E-state index contributed by atoms with van der Waals surface area (Å²) in [7, 11) is -3.25. The van der Waals surface area contributed by atoms with E-state index in [1.165, 1.54) is 12.7 Å². The van der Waals surface area contributed by atoms with Crippen LogP contribution in [0, 0.1) is 10.1 Å². The van der Waals surface area contributed by atoms with Crippen molar-refractivity contribution >= 4 is 9.84 Å². The highest BCUT2D eigenvalue weighted by Crippen LogP contribution is 2.33. The highest BCUT2D eigenvalue weighted by atomic mass is 32.2. The Morgan fingerprint density at radius 2 is 1.86 bits per heavy atom. The molecule has 1 aliphatic rings. The van der Waals surface area contributed by atoms with Crippen LogP contribution in [0.4, 0.5) is 0 Å². The van der Waals surface area contributed by atoms with Crippen LogP contribution in [0.2, 0.25) is 0 Å². The zero-order chi connectivity index (χ0) is 20.9. The fraction of sp³-hybridized carbons (Fsp3) is 0.526. The second-order valence-corrected chi connectivity index (χ2v) is 9.18. The number of hydrogen-bond donors (Lipinski definition) is 0. The van der Waals surface area contributed by atoms with Crippen molar-refractivity contribution in [1.82, 2.24) is 9.78 Å². The molecule has 9 nitrogen and oxygen atoms in total. The van der Waals surface area contributed by atoms with Crippen molar-refractivity contribution < 1.29 is 23.1 Å². The summed E-state index contributed by atoms with van der Waals surface area (Å²) >= 11 is 0. The Morgan fingerprint density at radius 3 is 2.48 bits per heavy atom. The maximum absolute atomic E-state index is 11.7. The van der Waals surface area contributed by atoms with Crippen LogP contribution >= 0.6 is 0 Å². The van der Waals surface area contributed by atoms with Crippen LogP contribution in [0.15, 0.2) is 35.2 Å². The molecule has 0 atom stereocenters. The van der Waals surface area contributed by atoms with Crippen LogP contribution in [0.25, 0.3) is 11.3 Å². The van der Waals surface area contributed by atoms with Crippen molar-refractivity contribution in [3.63, 3.8) is 0 Å². The normalized spacial score (nSPS) is 15.3. The van der Waals surface area contributed by atoms with Crippen molar-refractivity contribution in [2.45, 2.75) is 49.6 Å². The summed E-state index contributed by atoms with van der Waals surface area (Å²) in [6.45, 7) is 0.182. The minimum Gasteiger partial charge on any atom is -0.373 e. The van der Waals surface area contributed by atoms with E-state index < -0.39 is 14.9 Å². The smallest absolute Gasteiger partial charge is 0.294 e. The van der Waals surface area contributed by atoms with Gasteiger partial charge in [-0.25, -0.2) is 8.42 Å². The predicted molar refractivity (Wildman–Crippen MR) is 105 cm³/mol. The number of nitrogens with zero attached hydrogens (tertiary/aromatic N) is 3. The van der Waals surface area contributed by atoms with Gasteiger partial charge in [0.1, 0.15) is 6.61 Å². The Bertz CT molecular complexity index is 933. The van der Waals surface area contributed by atoms with Gasteiger partial charge in [0, 0.05) is 6.26 Å². The van der Waals surface area contributed by atoms with Crippen LogP contribution in [-0.4, -0.2) is 42.8 Å². The Balaban J connectivity index is 1.80. The van der Waals surface area contributed by atoms with Crippen molar-refractivity contribution in [3.05, 3.63) is 46.1 Å². The third-order valence-corrected chi connectivity index (χ3v) is 6.09. The maximum Gasteiger partial charge on any atom is 0.294 e. The lowest BCUT2D eigenvalue weighted by Gasteiger charge is -2.24. The molecule has 0 radical (unpaired) electrons. The van der Waals surface area contributed by atoms with Crippen molar-refractivity contribution in [2.75, 3.05) is 19.5 Å². The van der Waals surface area contributed by atoms with Crippen LogP contribution < -0.4 is 0 Å². The molecular formula is C19H25N3O6S. The van der Waals surface area contributed by atoms with Gasteiger partial charge in [-0.1, -0.05) is 31.4 Å². The van der Waals surface area contributed by atoms with Crippen LogP contribution in [-0.2, 0) is 26.0 Å². The van der Waals surface area contributed by atoms with E-state index in [2.05, 4.69) is 4.84 Å². The van der Waals surface area contributed by atoms with Crippen molar-refractivity contribution in [1.29, 1.82) is 0 Å². The third kappa shape index (κ3) is 5.77. The minimum absolute atomic E-state index is 0.0929. The molecule has 10 heteroatoms. The maximum atomic E-state index is 11.7. The van der Waals surface area contributed by atoms with E-state index >= 15 is 0 Å². The van der Waals surface area contributed by atoms with E-state index in [0.29, 0.717) is 6.04 Å². The number of rotatable bonds is 9. The second kappa shape index (κ2) is 9.36. The lowest BCUT2D eigenvalue weighted by atomic mass is 9.95. The SMILES string of the molecule is CS(=O)(=O)c1ccc(-c2cc(COCCO[N+](=O)[O-])nn2C2CCCCC2)cc1. The van der Waals surface area contributed by atoms with E-state index in [1.54, 1.807) is 24.3 Å². The lowest BCUT2D eigenvalue weighted by Crippen LogP contribution is -2.15. The number of hydrogen-bond acceptors (Lipinski definition) is 7. The third-order valence-electron chi connectivity index (χ3n) is 4.96. The molecule has 0 N–H and O–H groups in total. The molecule has 1 saturated carbocycles. The Labute approximate surface area is 169 Å². The van der Waals surface area contributed by atoms with E-state index in [-0.39, 0.29) is 24.7 Å². The van der Waals surface area contributed by atoms with E-state index in [1.807, 2.05) is 10.7 Å². The van der Waals surface area contributed by atoms with E-state index in [0.717, 1.165) is 42.6 Å². The van der Waals surface area contributed by atoms with Gasteiger partial charge in [-0.15, -0.1) is 10.1 Å². The second-order valence-electron chi connectivity index (χ2n) is 7.16. The molecule has 1 aromatic heterocycles. The highest BCUT2D eigenvalue weighted by Gasteiger charge is 2.21. The van der Waals surface area contributed by atoms with Crippen LogP contribution in [0.1, 0.15) is 43.8 Å². The summed E-state index contributed by atoms with van der Waals surface area (Å²) < 4.78 is 30.9. The van der Waals surface area contributed by atoms with Crippen LogP contribution in [0.3, 0.4) is 0 Å². The molecule has 3 rings (SSSR count). The fourth-order valence-corrected chi connectivity index (χ4v) is 4.19. The molecular weight excluding hydrogens is 398 g/mol. The van der Waals surface area contributed by atoms with Gasteiger partial charge < -0.3 is 9.57 Å². The van der Waals surface area contributed by atoms with Gasteiger partial charge in [0.25, 0.3) is 5.09 Å². The fourth-order valence-electron chi connectivity index (χ4n) is 3.56. The van der Waals surface area contributed by atoms with Gasteiger partial charge in [-0.2, -0.15) is 5.10 Å². The van der Waals surface area contributed by atoms with Gasteiger partial charge in [0.05, 0.1) is 35.5 Å². The Morgan fingerprint density at radius 1 is 1.17 bits per heavy atom. The number of ether oxygens (including phenoxy) is 1. The van der Waals surface area contributed by atoms with E-state index in [9.17, 15) is 18.5 Å². The molecule has 158 valence electrons. The van der Waals surface area contributed by atoms with Crippen molar-refractivity contribution in [3.8, 4) is 11.3 Å². The first-order chi connectivity index (χ1) is 13.8. The Hall–Kier alpha value is -2.46. The summed E-state index contributed by atoms with van der Waals surface area (Å²) in [5.41, 5.74) is 2.52. The van der Waals surface area contributed by atoms with Gasteiger partial charge >= 0.3 is 0 Å². The van der Waals surface area contributed by atoms with Gasteiger partial charge in [0.15, 0.2) is 9.84 Å². The summed E-state index contributed by atoms with van der Waals surface area (Å²) in [6.07, 6.45) is 6.82. The number of sulfone groups is 1. The zero-order valence-electron chi connectivity index (χ0n) is 16.3. The minimum atomic E-state index is -3.25. The monoisotopic (exact) mass is 423 g/mol.